The molecule has 0 aromatic rings. The lowest BCUT2D eigenvalue weighted by Crippen LogP contribution is -2.44. The quantitative estimate of drug-likeness (QED) is 0.250. The molecule has 0 aromatic carbocycles. The van der Waals surface area contributed by atoms with Crippen molar-refractivity contribution in [2.45, 2.75) is 97.4 Å². The zero-order valence-electron chi connectivity index (χ0n) is 16.7. The van der Waals surface area contributed by atoms with Gasteiger partial charge in [0.2, 0.25) is 0 Å². The summed E-state index contributed by atoms with van der Waals surface area (Å²) in [6.45, 7) is 6.85. The summed E-state index contributed by atoms with van der Waals surface area (Å²) in [4.78, 5) is 0. The fraction of sp³-hybridized carbons (Fsp3) is 1.00. The van der Waals surface area contributed by atoms with Crippen molar-refractivity contribution in [3.63, 3.8) is 0 Å². The van der Waals surface area contributed by atoms with E-state index in [9.17, 15) is 0 Å². The maximum absolute atomic E-state index is 5.63. The highest BCUT2D eigenvalue weighted by molar-refractivity contribution is 4.71. The van der Waals surface area contributed by atoms with E-state index < -0.39 is 5.97 Å². The third-order valence-electron chi connectivity index (χ3n) is 4.84. The van der Waals surface area contributed by atoms with Crippen molar-refractivity contribution in [3.05, 3.63) is 0 Å². The predicted molar refractivity (Wildman–Crippen MR) is 98.5 cm³/mol. The Morgan fingerprint density at radius 3 is 1.52 bits per heavy atom. The lowest BCUT2D eigenvalue weighted by atomic mass is 9.91. The zero-order chi connectivity index (χ0) is 17.6. The van der Waals surface area contributed by atoms with Gasteiger partial charge in [0.15, 0.2) is 0 Å². The van der Waals surface area contributed by atoms with Gasteiger partial charge in [-0.25, -0.2) is 0 Å². The van der Waals surface area contributed by atoms with Crippen molar-refractivity contribution in [2.24, 2.45) is 11.8 Å². The molecule has 0 heterocycles. The first-order valence-electron chi connectivity index (χ1n) is 9.71. The van der Waals surface area contributed by atoms with Crippen molar-refractivity contribution >= 4 is 0 Å². The molecule has 1 unspecified atom stereocenters. The Hall–Kier alpha value is -0.120. The standard InChI is InChI=1S/C20H42O3/c1-7-8-9-10-13-16-19(20(21-4,22-5)23-6)17-14-11-12-15-18(2)3/h18-19H,7-17H2,1-6H3. The van der Waals surface area contributed by atoms with Crippen LogP contribution in [0.4, 0.5) is 0 Å². The summed E-state index contributed by atoms with van der Waals surface area (Å²) >= 11 is 0. The summed E-state index contributed by atoms with van der Waals surface area (Å²) in [5.74, 6) is 0.242. The van der Waals surface area contributed by atoms with Gasteiger partial charge in [0.25, 0.3) is 5.97 Å². The van der Waals surface area contributed by atoms with Crippen LogP contribution >= 0.6 is 0 Å². The van der Waals surface area contributed by atoms with Gasteiger partial charge in [-0.1, -0.05) is 78.6 Å². The molecule has 0 aromatic heterocycles. The molecular weight excluding hydrogens is 288 g/mol. The molecule has 140 valence electrons. The molecule has 0 saturated carbocycles. The van der Waals surface area contributed by atoms with E-state index >= 15 is 0 Å². The number of methoxy groups -OCH3 is 3. The van der Waals surface area contributed by atoms with Gasteiger partial charge in [-0.2, -0.15) is 0 Å². The average Bonchev–Trinajstić information content (AvgIpc) is 2.55. The molecule has 0 aliphatic rings. The second-order valence-electron chi connectivity index (χ2n) is 7.15. The van der Waals surface area contributed by atoms with Crippen LogP contribution < -0.4 is 0 Å². The van der Waals surface area contributed by atoms with Crippen molar-refractivity contribution in [1.82, 2.24) is 0 Å². The Morgan fingerprint density at radius 1 is 0.652 bits per heavy atom. The molecule has 3 heteroatoms. The number of rotatable bonds is 16. The van der Waals surface area contributed by atoms with Gasteiger partial charge in [-0.15, -0.1) is 0 Å². The second-order valence-corrected chi connectivity index (χ2v) is 7.15. The Morgan fingerprint density at radius 2 is 1.09 bits per heavy atom. The van der Waals surface area contributed by atoms with E-state index in [4.69, 9.17) is 14.2 Å². The van der Waals surface area contributed by atoms with E-state index in [-0.39, 0.29) is 0 Å². The Bertz CT molecular complexity index is 241. The largest absolute Gasteiger partial charge is 0.331 e. The minimum absolute atomic E-state index is 0.308. The van der Waals surface area contributed by atoms with Crippen LogP contribution in [0.2, 0.25) is 0 Å². The molecule has 0 radical (unpaired) electrons. The highest BCUT2D eigenvalue weighted by Gasteiger charge is 2.39. The van der Waals surface area contributed by atoms with Crippen LogP contribution in [-0.4, -0.2) is 27.3 Å². The van der Waals surface area contributed by atoms with Gasteiger partial charge < -0.3 is 14.2 Å². The molecule has 0 fully saturated rings. The highest BCUT2D eigenvalue weighted by atomic mass is 16.9. The van der Waals surface area contributed by atoms with Crippen LogP contribution in [0.15, 0.2) is 0 Å². The summed E-state index contributed by atoms with van der Waals surface area (Å²) in [6.07, 6.45) is 13.9. The summed E-state index contributed by atoms with van der Waals surface area (Å²) in [5, 5.41) is 0. The summed E-state index contributed by atoms with van der Waals surface area (Å²) in [7, 11) is 5.07. The second kappa shape index (κ2) is 14.2. The van der Waals surface area contributed by atoms with Crippen LogP contribution in [0, 0.1) is 11.8 Å². The van der Waals surface area contributed by atoms with Crippen molar-refractivity contribution in [3.8, 4) is 0 Å². The van der Waals surface area contributed by atoms with E-state index in [1.807, 2.05) is 0 Å². The van der Waals surface area contributed by atoms with Crippen molar-refractivity contribution in [2.75, 3.05) is 21.3 Å². The first-order chi connectivity index (χ1) is 11.1. The third kappa shape index (κ3) is 9.69. The smallest absolute Gasteiger partial charge is 0.285 e. The molecular formula is C20H42O3. The molecule has 0 saturated heterocycles. The fourth-order valence-electron chi connectivity index (χ4n) is 3.36. The third-order valence-corrected chi connectivity index (χ3v) is 4.84. The summed E-state index contributed by atoms with van der Waals surface area (Å²) in [5.41, 5.74) is 0. The summed E-state index contributed by atoms with van der Waals surface area (Å²) in [6, 6.07) is 0. The maximum Gasteiger partial charge on any atom is 0.285 e. The first-order valence-corrected chi connectivity index (χ1v) is 9.71. The molecule has 3 nitrogen and oxygen atoms in total. The molecule has 0 spiro atoms. The van der Waals surface area contributed by atoms with Crippen LogP contribution in [0.5, 0.6) is 0 Å². The first kappa shape index (κ1) is 22.9. The molecule has 23 heavy (non-hydrogen) atoms. The minimum atomic E-state index is -0.872. The minimum Gasteiger partial charge on any atom is -0.331 e. The van der Waals surface area contributed by atoms with E-state index in [0.717, 1.165) is 18.8 Å². The molecule has 0 aliphatic heterocycles. The number of hydrogen-bond acceptors (Lipinski definition) is 3. The number of ether oxygens (including phenoxy) is 3. The fourth-order valence-corrected chi connectivity index (χ4v) is 3.36. The van der Waals surface area contributed by atoms with Gasteiger partial charge in [-0.3, -0.25) is 0 Å². The number of hydrogen-bond donors (Lipinski definition) is 0. The van der Waals surface area contributed by atoms with Crippen LogP contribution in [0.1, 0.15) is 91.4 Å². The van der Waals surface area contributed by atoms with Gasteiger partial charge in [0, 0.05) is 27.2 Å². The molecule has 0 N–H and O–H groups in total. The van der Waals surface area contributed by atoms with Gasteiger partial charge in [0.05, 0.1) is 0 Å². The zero-order valence-corrected chi connectivity index (χ0v) is 16.7. The lowest BCUT2D eigenvalue weighted by Gasteiger charge is -2.36. The Kier molecular flexibility index (Phi) is 14.2. The monoisotopic (exact) mass is 330 g/mol. The van der Waals surface area contributed by atoms with Crippen molar-refractivity contribution in [1.29, 1.82) is 0 Å². The lowest BCUT2D eigenvalue weighted by molar-refractivity contribution is -0.380. The van der Waals surface area contributed by atoms with Gasteiger partial charge in [-0.05, 0) is 18.8 Å². The number of unbranched alkanes of at least 4 members (excludes halogenated alkanes) is 6. The normalized spacial score (nSPS) is 13.7. The molecule has 0 bridgehead atoms. The summed E-state index contributed by atoms with van der Waals surface area (Å²) < 4.78 is 16.9. The van der Waals surface area contributed by atoms with Crippen molar-refractivity contribution < 1.29 is 14.2 Å². The maximum atomic E-state index is 5.63. The predicted octanol–water partition coefficient (Wildman–Crippen LogP) is 6.16. The topological polar surface area (TPSA) is 27.7 Å². The Labute approximate surface area is 145 Å². The van der Waals surface area contributed by atoms with Gasteiger partial charge in [0.1, 0.15) is 0 Å². The van der Waals surface area contributed by atoms with E-state index in [2.05, 4.69) is 20.8 Å². The average molecular weight is 331 g/mol. The molecule has 1 atom stereocenters. The van der Waals surface area contributed by atoms with Crippen LogP contribution in [0.3, 0.4) is 0 Å². The van der Waals surface area contributed by atoms with Crippen LogP contribution in [0.25, 0.3) is 0 Å². The molecule has 0 rings (SSSR count). The highest BCUT2D eigenvalue weighted by Crippen LogP contribution is 2.33. The molecule has 0 amide bonds. The van der Waals surface area contributed by atoms with E-state index in [1.54, 1.807) is 21.3 Å². The van der Waals surface area contributed by atoms with Crippen LogP contribution in [-0.2, 0) is 14.2 Å². The van der Waals surface area contributed by atoms with E-state index in [0.29, 0.717) is 5.92 Å². The van der Waals surface area contributed by atoms with E-state index in [1.165, 1.54) is 57.8 Å². The Balaban J connectivity index is 4.36. The molecule has 0 aliphatic carbocycles. The van der Waals surface area contributed by atoms with Gasteiger partial charge >= 0.3 is 0 Å². The SMILES string of the molecule is CCCCCCCC(CCCCCC(C)C)C(OC)(OC)OC.